The molecule has 1 aliphatic carbocycles. The highest BCUT2D eigenvalue weighted by Crippen LogP contribution is 2.26. The van der Waals surface area contributed by atoms with E-state index in [1.807, 2.05) is 6.07 Å². The topological polar surface area (TPSA) is 81.7 Å². The number of nitrogens with one attached hydrogen (secondary N) is 2. The number of likely N-dealkylation sites (tertiary alicyclic amines) is 1. The third-order valence-corrected chi connectivity index (χ3v) is 5.39. The molecule has 1 saturated heterocycles. The van der Waals surface area contributed by atoms with Crippen LogP contribution in [0.5, 0.6) is 0 Å². The average molecular weight is 363 g/mol. The van der Waals surface area contributed by atoms with Crippen LogP contribution in [0.25, 0.3) is 0 Å². The van der Waals surface area contributed by atoms with Crippen LogP contribution in [0.3, 0.4) is 0 Å². The van der Waals surface area contributed by atoms with Crippen LogP contribution < -0.4 is 10.6 Å². The van der Waals surface area contributed by atoms with Gasteiger partial charge in [-0.3, -0.25) is 4.79 Å². The van der Waals surface area contributed by atoms with Crippen molar-refractivity contribution in [2.45, 2.75) is 44.8 Å². The van der Waals surface area contributed by atoms with Crippen molar-refractivity contribution in [2.75, 3.05) is 20.1 Å². The van der Waals surface area contributed by atoms with Crippen molar-refractivity contribution in [3.8, 4) is 0 Å². The third kappa shape index (κ3) is 3.98. The Kier molecular flexibility index (Phi) is 5.76. The van der Waals surface area contributed by atoms with Gasteiger partial charge in [-0.05, 0) is 36.8 Å². The molecule has 26 heavy (non-hydrogen) atoms. The van der Waals surface area contributed by atoms with Crippen molar-refractivity contribution >= 4 is 11.9 Å². The number of amides is 3. The Labute approximate surface area is 152 Å². The number of benzene rings is 1. The molecule has 3 N–H and O–H groups in total. The smallest absolute Gasteiger partial charge is 0.317 e. The number of urea groups is 1. The molecule has 0 bridgehead atoms. The first kappa shape index (κ1) is 18.6. The highest BCUT2D eigenvalue weighted by molar-refractivity contribution is 5.77. The van der Waals surface area contributed by atoms with E-state index < -0.39 is 6.10 Å². The summed E-state index contributed by atoms with van der Waals surface area (Å²) in [6, 6.07) is 3.35. The van der Waals surface area contributed by atoms with Gasteiger partial charge in [-0.25, -0.2) is 9.18 Å². The second-order valence-corrected chi connectivity index (χ2v) is 7.15. The number of halogens is 1. The number of hydrogen-bond donors (Lipinski definition) is 3. The van der Waals surface area contributed by atoms with Crippen LogP contribution in [0.4, 0.5) is 9.18 Å². The molecule has 1 heterocycles. The second-order valence-electron chi connectivity index (χ2n) is 7.15. The lowest BCUT2D eigenvalue weighted by Crippen LogP contribution is -2.39. The molecule has 142 valence electrons. The normalized spacial score (nSPS) is 22.0. The Balaban J connectivity index is 1.57. The summed E-state index contributed by atoms with van der Waals surface area (Å²) in [6.45, 7) is 0.609. The monoisotopic (exact) mass is 363 g/mol. The number of carbonyl (C=O) groups excluding carboxylic acids is 2. The van der Waals surface area contributed by atoms with Crippen molar-refractivity contribution in [1.82, 2.24) is 15.5 Å². The standard InChI is InChI=1S/C19H26FN3O3/c1-21-17(25)8-14-10-23(11-16(14)24)19(26)22-9-13-7-6-12-4-2-3-5-15(12)18(13)20/h6-7,14,16,24H,2-5,8-11H2,1H3,(H,21,25)(H,22,26)/t14-,16-/m1/s1. The molecule has 1 aromatic carbocycles. The largest absolute Gasteiger partial charge is 0.391 e. The summed E-state index contributed by atoms with van der Waals surface area (Å²) in [5, 5.41) is 15.3. The van der Waals surface area contributed by atoms with E-state index in [1.165, 1.54) is 4.90 Å². The van der Waals surface area contributed by atoms with Crippen molar-refractivity contribution in [3.05, 3.63) is 34.6 Å². The Bertz CT molecular complexity index is 695. The van der Waals surface area contributed by atoms with Gasteiger partial charge < -0.3 is 20.6 Å². The summed E-state index contributed by atoms with van der Waals surface area (Å²) in [5.74, 6) is -0.643. The molecule has 2 atom stereocenters. The Hall–Kier alpha value is -2.15. The fourth-order valence-corrected chi connectivity index (χ4v) is 3.81. The lowest BCUT2D eigenvalue weighted by Gasteiger charge is -2.20. The molecular weight excluding hydrogens is 337 g/mol. The second kappa shape index (κ2) is 8.03. The first-order valence-corrected chi connectivity index (χ1v) is 9.20. The predicted molar refractivity (Wildman–Crippen MR) is 95.0 cm³/mol. The molecule has 6 nitrogen and oxygen atoms in total. The molecule has 1 aromatic rings. The molecule has 1 fully saturated rings. The van der Waals surface area contributed by atoms with Gasteiger partial charge in [-0.15, -0.1) is 0 Å². The quantitative estimate of drug-likeness (QED) is 0.755. The van der Waals surface area contributed by atoms with Crippen molar-refractivity contribution in [1.29, 1.82) is 0 Å². The average Bonchev–Trinajstić information content (AvgIpc) is 3.01. The zero-order valence-electron chi connectivity index (χ0n) is 15.1. The summed E-state index contributed by atoms with van der Waals surface area (Å²) in [6.07, 6.45) is 3.22. The van der Waals surface area contributed by atoms with E-state index in [0.717, 1.165) is 36.8 Å². The van der Waals surface area contributed by atoms with Gasteiger partial charge >= 0.3 is 6.03 Å². The van der Waals surface area contributed by atoms with Gasteiger partial charge in [0.25, 0.3) is 0 Å². The predicted octanol–water partition coefficient (Wildman–Crippen LogP) is 1.34. The summed E-state index contributed by atoms with van der Waals surface area (Å²) in [7, 11) is 1.54. The minimum atomic E-state index is -0.724. The van der Waals surface area contributed by atoms with Gasteiger partial charge in [-0.2, -0.15) is 0 Å². The van der Waals surface area contributed by atoms with Crippen molar-refractivity contribution in [3.63, 3.8) is 0 Å². The van der Waals surface area contributed by atoms with Crippen LogP contribution in [-0.4, -0.2) is 48.2 Å². The van der Waals surface area contributed by atoms with E-state index in [9.17, 15) is 19.1 Å². The van der Waals surface area contributed by atoms with Crippen LogP contribution in [0.15, 0.2) is 12.1 Å². The van der Waals surface area contributed by atoms with E-state index >= 15 is 0 Å². The lowest BCUT2D eigenvalue weighted by atomic mass is 9.90. The van der Waals surface area contributed by atoms with Gasteiger partial charge in [0.05, 0.1) is 6.10 Å². The van der Waals surface area contributed by atoms with Crippen LogP contribution in [-0.2, 0) is 24.2 Å². The fraction of sp³-hybridized carbons (Fsp3) is 0.579. The number of aryl methyl sites for hydroxylation is 1. The van der Waals surface area contributed by atoms with E-state index in [1.54, 1.807) is 13.1 Å². The Morgan fingerprint density at radius 1 is 1.27 bits per heavy atom. The number of aliphatic hydroxyl groups excluding tert-OH is 1. The number of β-amino-alcohol motifs (C(OH)–C–C–N with tert-alkyl or cyclic N) is 1. The molecule has 0 radical (unpaired) electrons. The number of fused-ring (bicyclic) bond motifs is 1. The van der Waals surface area contributed by atoms with Gasteiger partial charge in [0, 0.05) is 44.6 Å². The number of carbonyl (C=O) groups is 2. The number of rotatable bonds is 4. The van der Waals surface area contributed by atoms with Crippen LogP contribution >= 0.6 is 0 Å². The maximum Gasteiger partial charge on any atom is 0.317 e. The Morgan fingerprint density at radius 2 is 2.04 bits per heavy atom. The van der Waals surface area contributed by atoms with Gasteiger partial charge in [0.1, 0.15) is 5.82 Å². The van der Waals surface area contributed by atoms with Gasteiger partial charge in [0.2, 0.25) is 5.91 Å². The fourth-order valence-electron chi connectivity index (χ4n) is 3.81. The maximum atomic E-state index is 14.6. The first-order chi connectivity index (χ1) is 12.5. The van der Waals surface area contributed by atoms with E-state index in [0.29, 0.717) is 12.1 Å². The molecule has 1 aliphatic heterocycles. The SMILES string of the molecule is CNC(=O)C[C@@H]1CN(C(=O)NCc2ccc3c(c2F)CCCC3)C[C@H]1O. The molecular formula is C19H26FN3O3. The highest BCUT2D eigenvalue weighted by atomic mass is 19.1. The number of aliphatic hydroxyl groups is 1. The van der Waals surface area contributed by atoms with Crippen molar-refractivity contribution < 1.29 is 19.1 Å². The minimum Gasteiger partial charge on any atom is -0.391 e. The first-order valence-electron chi connectivity index (χ1n) is 9.20. The minimum absolute atomic E-state index is 0.116. The lowest BCUT2D eigenvalue weighted by molar-refractivity contribution is -0.122. The van der Waals surface area contributed by atoms with Gasteiger partial charge in [-0.1, -0.05) is 12.1 Å². The van der Waals surface area contributed by atoms with E-state index in [2.05, 4.69) is 10.6 Å². The number of nitrogens with zero attached hydrogens (tertiary/aromatic N) is 1. The zero-order chi connectivity index (χ0) is 18.7. The number of hydrogen-bond acceptors (Lipinski definition) is 3. The molecule has 0 unspecified atom stereocenters. The van der Waals surface area contributed by atoms with E-state index in [4.69, 9.17) is 0 Å². The molecule has 0 saturated carbocycles. The Morgan fingerprint density at radius 3 is 2.81 bits per heavy atom. The highest BCUT2D eigenvalue weighted by Gasteiger charge is 2.35. The van der Waals surface area contributed by atoms with Crippen LogP contribution in [0.2, 0.25) is 0 Å². The molecule has 7 heteroatoms. The summed E-state index contributed by atoms with van der Waals surface area (Å²) < 4.78 is 14.6. The summed E-state index contributed by atoms with van der Waals surface area (Å²) >= 11 is 0. The van der Waals surface area contributed by atoms with Crippen LogP contribution in [0.1, 0.15) is 36.0 Å². The van der Waals surface area contributed by atoms with Gasteiger partial charge in [0.15, 0.2) is 0 Å². The third-order valence-electron chi connectivity index (χ3n) is 5.39. The van der Waals surface area contributed by atoms with E-state index in [-0.39, 0.29) is 43.2 Å². The summed E-state index contributed by atoms with van der Waals surface area (Å²) in [5.41, 5.74) is 2.34. The zero-order valence-corrected chi connectivity index (χ0v) is 15.1. The van der Waals surface area contributed by atoms with Crippen molar-refractivity contribution in [2.24, 2.45) is 5.92 Å². The maximum absolute atomic E-state index is 14.6. The molecule has 2 aliphatic rings. The molecule has 0 spiro atoms. The molecule has 3 rings (SSSR count). The summed E-state index contributed by atoms with van der Waals surface area (Å²) in [4.78, 5) is 25.3. The molecule has 0 aromatic heterocycles. The van der Waals surface area contributed by atoms with Crippen LogP contribution in [0, 0.1) is 11.7 Å². The molecule has 3 amide bonds.